The summed E-state index contributed by atoms with van der Waals surface area (Å²) >= 11 is 0. The zero-order valence-corrected chi connectivity index (χ0v) is 29.6. The van der Waals surface area contributed by atoms with Gasteiger partial charge in [-0.1, -0.05) is 76.6 Å². The van der Waals surface area contributed by atoms with Gasteiger partial charge in [0.1, 0.15) is 28.6 Å². The molecule has 52 heavy (non-hydrogen) atoms. The Bertz CT molecular complexity index is 1960. The molecule has 0 aromatic heterocycles. The van der Waals surface area contributed by atoms with Crippen LogP contribution in [0.15, 0.2) is 72.8 Å². The van der Waals surface area contributed by atoms with Crippen LogP contribution in [0.3, 0.4) is 0 Å². The summed E-state index contributed by atoms with van der Waals surface area (Å²) in [6.07, 6.45) is 5.48. The largest absolute Gasteiger partial charge is 0.457 e. The minimum atomic E-state index is -4.85. The number of halogens is 3. The Morgan fingerprint density at radius 1 is 0.596 bits per heavy atom. The molecular formula is C41H43F3N2O6. The predicted molar refractivity (Wildman–Crippen MR) is 193 cm³/mol. The van der Waals surface area contributed by atoms with Crippen molar-refractivity contribution in [2.75, 3.05) is 0 Å². The second-order valence-corrected chi connectivity index (χ2v) is 14.6. The van der Waals surface area contributed by atoms with Gasteiger partial charge < -0.3 is 9.47 Å². The maximum Gasteiger partial charge on any atom is 0.420 e. The molecule has 0 spiro atoms. The first kappa shape index (κ1) is 36.8. The van der Waals surface area contributed by atoms with Crippen LogP contribution in [0.2, 0.25) is 0 Å². The van der Waals surface area contributed by atoms with Crippen LogP contribution in [0.4, 0.5) is 24.5 Å². The number of aryl methyl sites for hydroxylation is 1. The molecule has 2 aliphatic carbocycles. The summed E-state index contributed by atoms with van der Waals surface area (Å²) < 4.78 is 54.8. The fourth-order valence-corrected chi connectivity index (χ4v) is 7.73. The summed E-state index contributed by atoms with van der Waals surface area (Å²) in [5.41, 5.74) is 2.27. The second-order valence-electron chi connectivity index (χ2n) is 14.6. The molecule has 0 unspecified atom stereocenters. The smallest absolute Gasteiger partial charge is 0.420 e. The van der Waals surface area contributed by atoms with Gasteiger partial charge in [0.25, 0.3) is 11.4 Å². The molecule has 11 heteroatoms. The molecular weight excluding hydrogens is 673 g/mol. The fourth-order valence-electron chi connectivity index (χ4n) is 7.73. The molecule has 0 amide bonds. The van der Waals surface area contributed by atoms with Crippen molar-refractivity contribution < 1.29 is 32.5 Å². The molecule has 2 aliphatic rings. The van der Waals surface area contributed by atoms with E-state index in [9.17, 15) is 33.4 Å². The lowest BCUT2D eigenvalue weighted by atomic mass is 9.74. The van der Waals surface area contributed by atoms with E-state index in [2.05, 4.69) is 26.0 Å². The van der Waals surface area contributed by atoms with E-state index >= 15 is 0 Å². The number of nitro groups is 2. The minimum absolute atomic E-state index is 0.00648. The Balaban J connectivity index is 1.39. The van der Waals surface area contributed by atoms with Gasteiger partial charge in [-0.25, -0.2) is 0 Å². The highest BCUT2D eigenvalue weighted by Crippen LogP contribution is 2.47. The topological polar surface area (TPSA) is 105 Å². The first-order valence-corrected chi connectivity index (χ1v) is 18.0. The number of nitro benzene ring substituents is 2. The SMILES string of the molecule is Cc1cc([N+](=O)[O-])ccc1Oc1ccc(C(C)(C)c2ccc(Oc3ccc([N+](=O)[O-])cc3C(F)(F)F)c(C3CCCCC3)c2)cc1C1CCCCC1. The molecule has 4 aromatic rings. The van der Waals surface area contributed by atoms with Crippen LogP contribution in [-0.4, -0.2) is 9.85 Å². The van der Waals surface area contributed by atoms with Crippen LogP contribution in [0.1, 0.15) is 123 Å². The summed E-state index contributed by atoms with van der Waals surface area (Å²) in [6, 6.07) is 19.1. The Hall–Kier alpha value is -4.93. The lowest BCUT2D eigenvalue weighted by molar-refractivity contribution is -0.385. The van der Waals surface area contributed by atoms with Gasteiger partial charge in [0.15, 0.2) is 0 Å². The molecule has 0 aliphatic heterocycles. The molecule has 2 saturated carbocycles. The zero-order chi connectivity index (χ0) is 37.2. The standard InChI is InChI=1S/C41H43F3N2O6/c1-26-22-31(45(47)48)16-20-36(26)51-37-18-14-29(23-33(37)27-10-6-4-7-11-27)40(2,3)30-15-19-38(34(24-30)28-12-8-5-9-13-28)52-39-21-17-32(46(49)50)25-35(39)41(42,43)44/h14-25,27-28H,4-13H2,1-3H3. The number of non-ortho nitro benzene ring substituents is 2. The summed E-state index contributed by atoms with van der Waals surface area (Å²) in [6.45, 7) is 6.06. The highest BCUT2D eigenvalue weighted by atomic mass is 19.4. The number of benzene rings is 4. The molecule has 0 atom stereocenters. The van der Waals surface area contributed by atoms with E-state index in [-0.39, 0.29) is 17.5 Å². The van der Waals surface area contributed by atoms with Gasteiger partial charge >= 0.3 is 6.18 Å². The predicted octanol–water partition coefficient (Wildman–Crippen LogP) is 12.8. The van der Waals surface area contributed by atoms with Crippen molar-refractivity contribution in [1.29, 1.82) is 0 Å². The van der Waals surface area contributed by atoms with Crippen molar-refractivity contribution in [2.45, 2.75) is 108 Å². The number of alkyl halides is 3. The maximum absolute atomic E-state index is 14.1. The third-order valence-electron chi connectivity index (χ3n) is 10.8. The van der Waals surface area contributed by atoms with Crippen molar-refractivity contribution in [3.05, 3.63) is 126 Å². The van der Waals surface area contributed by atoms with Gasteiger partial charge in [0, 0.05) is 29.7 Å². The van der Waals surface area contributed by atoms with Crippen molar-refractivity contribution in [1.82, 2.24) is 0 Å². The van der Waals surface area contributed by atoms with E-state index in [1.54, 1.807) is 19.1 Å². The Morgan fingerprint density at radius 3 is 1.46 bits per heavy atom. The first-order valence-electron chi connectivity index (χ1n) is 18.0. The second kappa shape index (κ2) is 15.0. The van der Waals surface area contributed by atoms with E-state index in [1.165, 1.54) is 18.6 Å². The van der Waals surface area contributed by atoms with Crippen LogP contribution in [0.5, 0.6) is 23.0 Å². The van der Waals surface area contributed by atoms with Crippen LogP contribution < -0.4 is 9.47 Å². The molecule has 0 heterocycles. The Labute approximate surface area is 301 Å². The number of hydrogen-bond acceptors (Lipinski definition) is 6. The molecule has 6 rings (SSSR count). The third kappa shape index (κ3) is 7.93. The molecule has 4 aromatic carbocycles. The zero-order valence-electron chi connectivity index (χ0n) is 29.6. The van der Waals surface area contributed by atoms with Crippen LogP contribution in [0, 0.1) is 27.2 Å². The summed E-state index contributed by atoms with van der Waals surface area (Å²) in [5, 5.41) is 22.6. The van der Waals surface area contributed by atoms with E-state index in [0.29, 0.717) is 23.1 Å². The average molecular weight is 717 g/mol. The van der Waals surface area contributed by atoms with Gasteiger partial charge in [-0.3, -0.25) is 20.2 Å². The van der Waals surface area contributed by atoms with Gasteiger partial charge in [-0.2, -0.15) is 13.2 Å². The fraction of sp³-hybridized carbons (Fsp3) is 0.415. The highest BCUT2D eigenvalue weighted by Gasteiger charge is 2.37. The molecule has 0 bridgehead atoms. The van der Waals surface area contributed by atoms with Crippen molar-refractivity contribution in [3.8, 4) is 23.0 Å². The Morgan fingerprint density at radius 2 is 1.02 bits per heavy atom. The maximum atomic E-state index is 14.1. The monoisotopic (exact) mass is 716 g/mol. The molecule has 8 nitrogen and oxygen atoms in total. The van der Waals surface area contributed by atoms with E-state index in [1.807, 2.05) is 18.2 Å². The van der Waals surface area contributed by atoms with Crippen LogP contribution in [0.25, 0.3) is 0 Å². The third-order valence-corrected chi connectivity index (χ3v) is 10.8. The van der Waals surface area contributed by atoms with Gasteiger partial charge in [0.05, 0.1) is 9.85 Å². The van der Waals surface area contributed by atoms with Gasteiger partial charge in [-0.15, -0.1) is 0 Å². The van der Waals surface area contributed by atoms with Crippen molar-refractivity contribution >= 4 is 11.4 Å². The van der Waals surface area contributed by atoms with Gasteiger partial charge in [0.2, 0.25) is 0 Å². The minimum Gasteiger partial charge on any atom is -0.457 e. The molecule has 0 radical (unpaired) electrons. The van der Waals surface area contributed by atoms with Crippen molar-refractivity contribution in [3.63, 3.8) is 0 Å². The van der Waals surface area contributed by atoms with Crippen LogP contribution in [-0.2, 0) is 11.6 Å². The normalized spacial score (nSPS) is 16.0. The highest BCUT2D eigenvalue weighted by molar-refractivity contribution is 5.53. The Kier molecular flexibility index (Phi) is 10.6. The number of ether oxygens (including phenoxy) is 2. The lowest BCUT2D eigenvalue weighted by Crippen LogP contribution is -2.21. The average Bonchev–Trinajstić information content (AvgIpc) is 3.13. The number of nitrogens with zero attached hydrogens (tertiary/aromatic N) is 2. The van der Waals surface area contributed by atoms with E-state index < -0.39 is 38.4 Å². The van der Waals surface area contributed by atoms with E-state index in [4.69, 9.17) is 9.47 Å². The first-order chi connectivity index (χ1) is 24.7. The number of hydrogen-bond donors (Lipinski definition) is 0. The summed E-state index contributed by atoms with van der Waals surface area (Å²) in [5.74, 6) is 1.50. The molecule has 274 valence electrons. The number of rotatable bonds is 10. The van der Waals surface area contributed by atoms with E-state index in [0.717, 1.165) is 97.9 Å². The molecule has 0 N–H and O–H groups in total. The molecule has 0 saturated heterocycles. The van der Waals surface area contributed by atoms with Gasteiger partial charge in [-0.05, 0) is 96.5 Å². The van der Waals surface area contributed by atoms with Crippen LogP contribution >= 0.6 is 0 Å². The molecule has 2 fully saturated rings. The summed E-state index contributed by atoms with van der Waals surface area (Å²) in [4.78, 5) is 21.3. The quantitative estimate of drug-likeness (QED) is 0.119. The van der Waals surface area contributed by atoms with Crippen molar-refractivity contribution in [2.24, 2.45) is 0 Å². The lowest BCUT2D eigenvalue weighted by Gasteiger charge is -2.32. The summed E-state index contributed by atoms with van der Waals surface area (Å²) in [7, 11) is 0.